The lowest BCUT2D eigenvalue weighted by Gasteiger charge is -2.10. The van der Waals surface area contributed by atoms with Gasteiger partial charge < -0.3 is 5.32 Å². The molecule has 4 nitrogen and oxygen atoms in total. The molecule has 0 heterocycles. The van der Waals surface area contributed by atoms with Crippen LogP contribution in [-0.2, 0) is 10.0 Å². The molecular weight excluding hydrogens is 346 g/mol. The lowest BCUT2D eigenvalue weighted by atomic mass is 10.2. The monoisotopic (exact) mass is 360 g/mol. The number of hydrogen-bond donors (Lipinski definition) is 2. The second-order valence-corrected chi connectivity index (χ2v) is 6.93. The molecule has 0 unspecified atom stereocenters. The number of benzene rings is 3. The predicted octanol–water partition coefficient (Wildman–Crippen LogP) is 4.51. The fourth-order valence-electron chi connectivity index (χ4n) is 2.18. The molecule has 0 saturated heterocycles. The Balaban J connectivity index is 1.73. The predicted molar refractivity (Wildman–Crippen MR) is 93.3 cm³/mol. The van der Waals surface area contributed by atoms with Gasteiger partial charge in [0.05, 0.1) is 4.90 Å². The van der Waals surface area contributed by atoms with E-state index in [2.05, 4.69) is 10.0 Å². The highest BCUT2D eigenvalue weighted by Gasteiger charge is 2.13. The zero-order chi connectivity index (χ0) is 17.9. The maximum Gasteiger partial charge on any atom is 0.261 e. The second-order valence-electron chi connectivity index (χ2n) is 5.25. The van der Waals surface area contributed by atoms with Gasteiger partial charge in [-0.2, -0.15) is 0 Å². The normalized spacial score (nSPS) is 11.1. The number of sulfonamides is 1. The van der Waals surface area contributed by atoms with Gasteiger partial charge in [-0.1, -0.05) is 18.2 Å². The number of anilines is 3. The van der Waals surface area contributed by atoms with Gasteiger partial charge in [0.25, 0.3) is 10.0 Å². The smallest absolute Gasteiger partial charge is 0.261 e. The fourth-order valence-corrected chi connectivity index (χ4v) is 3.26. The third kappa shape index (κ3) is 4.13. The minimum atomic E-state index is -3.66. The quantitative estimate of drug-likeness (QED) is 0.704. The lowest BCUT2D eigenvalue weighted by Crippen LogP contribution is -2.12. The van der Waals surface area contributed by atoms with E-state index in [1.165, 1.54) is 18.2 Å². The third-order valence-corrected chi connectivity index (χ3v) is 4.80. The van der Waals surface area contributed by atoms with Crippen LogP contribution in [0.1, 0.15) is 0 Å². The number of rotatable bonds is 5. The second kappa shape index (κ2) is 6.90. The molecule has 3 rings (SSSR count). The van der Waals surface area contributed by atoms with Crippen molar-refractivity contribution < 1.29 is 17.2 Å². The summed E-state index contributed by atoms with van der Waals surface area (Å²) in [5, 5.41) is 2.91. The maximum absolute atomic E-state index is 13.2. The van der Waals surface area contributed by atoms with Crippen LogP contribution in [-0.4, -0.2) is 8.42 Å². The summed E-state index contributed by atoms with van der Waals surface area (Å²) in [6.07, 6.45) is 0. The average molecular weight is 360 g/mol. The standard InChI is InChI=1S/C18H14F2N2O2S/c19-17-11-10-15(12-18(17)20)21-13-6-8-14(9-7-13)22-25(23,24)16-4-2-1-3-5-16/h1-12,21-22H. The van der Waals surface area contributed by atoms with E-state index in [0.717, 1.165) is 12.1 Å². The number of halogens is 2. The summed E-state index contributed by atoms with van der Waals surface area (Å²) in [5.41, 5.74) is 1.38. The summed E-state index contributed by atoms with van der Waals surface area (Å²) < 4.78 is 53.1. The molecule has 128 valence electrons. The molecule has 3 aromatic carbocycles. The topological polar surface area (TPSA) is 58.2 Å². The van der Waals surface area contributed by atoms with Gasteiger partial charge in [-0.05, 0) is 48.5 Å². The van der Waals surface area contributed by atoms with Crippen molar-refractivity contribution in [1.82, 2.24) is 0 Å². The Hall–Kier alpha value is -2.93. The first-order valence-electron chi connectivity index (χ1n) is 7.34. The van der Waals surface area contributed by atoms with Crippen LogP contribution in [0.25, 0.3) is 0 Å². The van der Waals surface area contributed by atoms with E-state index < -0.39 is 21.7 Å². The van der Waals surface area contributed by atoms with Gasteiger partial charge in [0.15, 0.2) is 11.6 Å². The highest BCUT2D eigenvalue weighted by atomic mass is 32.2. The van der Waals surface area contributed by atoms with Gasteiger partial charge in [-0.25, -0.2) is 17.2 Å². The van der Waals surface area contributed by atoms with Crippen molar-refractivity contribution in [3.63, 3.8) is 0 Å². The molecule has 25 heavy (non-hydrogen) atoms. The zero-order valence-corrected chi connectivity index (χ0v) is 13.7. The van der Waals surface area contributed by atoms with E-state index in [-0.39, 0.29) is 4.90 Å². The van der Waals surface area contributed by atoms with Gasteiger partial charge in [-0.15, -0.1) is 0 Å². The lowest BCUT2D eigenvalue weighted by molar-refractivity contribution is 0.509. The molecule has 0 radical (unpaired) electrons. The summed E-state index contributed by atoms with van der Waals surface area (Å²) in [6.45, 7) is 0. The Morgan fingerprint density at radius 2 is 1.28 bits per heavy atom. The molecule has 0 amide bonds. The first kappa shape index (κ1) is 16.9. The molecule has 0 atom stereocenters. The maximum atomic E-state index is 13.2. The Bertz CT molecular complexity index is 976. The minimum absolute atomic E-state index is 0.166. The molecular formula is C18H14F2N2O2S. The van der Waals surface area contributed by atoms with E-state index in [4.69, 9.17) is 0 Å². The zero-order valence-electron chi connectivity index (χ0n) is 12.9. The summed E-state index contributed by atoms with van der Waals surface area (Å²) in [6, 6.07) is 17.9. The average Bonchev–Trinajstić information content (AvgIpc) is 2.60. The largest absolute Gasteiger partial charge is 0.355 e. The van der Waals surface area contributed by atoms with Crippen LogP contribution in [0.5, 0.6) is 0 Å². The van der Waals surface area contributed by atoms with E-state index in [1.54, 1.807) is 42.5 Å². The number of hydrogen-bond acceptors (Lipinski definition) is 3. The van der Waals surface area contributed by atoms with E-state index in [0.29, 0.717) is 17.1 Å². The van der Waals surface area contributed by atoms with E-state index >= 15 is 0 Å². The molecule has 0 saturated carbocycles. The molecule has 0 aliphatic heterocycles. The van der Waals surface area contributed by atoms with Crippen LogP contribution in [0.4, 0.5) is 25.8 Å². The van der Waals surface area contributed by atoms with Gasteiger partial charge in [0, 0.05) is 23.1 Å². The molecule has 0 aliphatic rings. The van der Waals surface area contributed by atoms with E-state index in [1.807, 2.05) is 0 Å². The van der Waals surface area contributed by atoms with Crippen molar-refractivity contribution in [3.8, 4) is 0 Å². The molecule has 0 bridgehead atoms. The van der Waals surface area contributed by atoms with Gasteiger partial charge in [0.1, 0.15) is 0 Å². The van der Waals surface area contributed by atoms with Crippen LogP contribution < -0.4 is 10.0 Å². The Morgan fingerprint density at radius 3 is 1.92 bits per heavy atom. The van der Waals surface area contributed by atoms with Crippen molar-refractivity contribution in [1.29, 1.82) is 0 Å². The summed E-state index contributed by atoms with van der Waals surface area (Å²) in [7, 11) is -3.66. The highest BCUT2D eigenvalue weighted by molar-refractivity contribution is 7.92. The molecule has 0 spiro atoms. The molecule has 7 heteroatoms. The van der Waals surface area contributed by atoms with Crippen molar-refractivity contribution in [2.24, 2.45) is 0 Å². The van der Waals surface area contributed by atoms with Crippen molar-refractivity contribution >= 4 is 27.1 Å². The van der Waals surface area contributed by atoms with Crippen LogP contribution >= 0.6 is 0 Å². The van der Waals surface area contributed by atoms with Crippen LogP contribution in [0.3, 0.4) is 0 Å². The van der Waals surface area contributed by atoms with Crippen molar-refractivity contribution in [2.75, 3.05) is 10.0 Å². The van der Waals surface area contributed by atoms with E-state index in [9.17, 15) is 17.2 Å². The highest BCUT2D eigenvalue weighted by Crippen LogP contribution is 2.22. The molecule has 3 aromatic rings. The number of nitrogens with one attached hydrogen (secondary N) is 2. The fraction of sp³-hybridized carbons (Fsp3) is 0. The van der Waals surface area contributed by atoms with Crippen LogP contribution in [0.15, 0.2) is 77.7 Å². The molecule has 0 aromatic heterocycles. The van der Waals surface area contributed by atoms with Gasteiger partial charge in [0.2, 0.25) is 0 Å². The Kier molecular flexibility index (Phi) is 4.67. The summed E-state index contributed by atoms with van der Waals surface area (Å²) in [4.78, 5) is 0.166. The molecule has 0 fully saturated rings. The van der Waals surface area contributed by atoms with Crippen molar-refractivity contribution in [3.05, 3.63) is 84.4 Å². The Labute approximate surface area is 144 Å². The van der Waals surface area contributed by atoms with Gasteiger partial charge in [-0.3, -0.25) is 4.72 Å². The van der Waals surface area contributed by atoms with Crippen LogP contribution in [0.2, 0.25) is 0 Å². The minimum Gasteiger partial charge on any atom is -0.355 e. The summed E-state index contributed by atoms with van der Waals surface area (Å²) >= 11 is 0. The first-order valence-corrected chi connectivity index (χ1v) is 8.82. The molecule has 0 aliphatic carbocycles. The van der Waals surface area contributed by atoms with Gasteiger partial charge >= 0.3 is 0 Å². The SMILES string of the molecule is O=S(=O)(Nc1ccc(Nc2ccc(F)c(F)c2)cc1)c1ccccc1. The van der Waals surface area contributed by atoms with Crippen LogP contribution in [0, 0.1) is 11.6 Å². The Morgan fingerprint density at radius 1 is 0.680 bits per heavy atom. The molecule has 2 N–H and O–H groups in total. The van der Waals surface area contributed by atoms with Crippen molar-refractivity contribution in [2.45, 2.75) is 4.90 Å². The summed E-state index contributed by atoms with van der Waals surface area (Å²) in [5.74, 6) is -1.87. The first-order chi connectivity index (χ1) is 11.9. The third-order valence-electron chi connectivity index (χ3n) is 3.40.